The number of primary amides is 1. The maximum Gasteiger partial charge on any atom is 0.507 e. The van der Waals surface area contributed by atoms with Crippen LogP contribution in [-0.2, 0) is 9.59 Å². The number of amidine groups is 1. The molecule has 2 N–H and O–H groups in total. The van der Waals surface area contributed by atoms with Gasteiger partial charge in [-0.25, -0.2) is 4.79 Å². The number of hydrogen-bond donors (Lipinski definition) is 1. The van der Waals surface area contributed by atoms with Crippen LogP contribution in [0.1, 0.15) is 17.5 Å². The van der Waals surface area contributed by atoms with Crippen molar-refractivity contribution in [3.63, 3.8) is 0 Å². The Morgan fingerprint density at radius 2 is 2.10 bits per heavy atom. The van der Waals surface area contributed by atoms with Gasteiger partial charge < -0.3 is 10.2 Å². The maximum atomic E-state index is 12.5. The molecule has 1 aromatic heterocycles. The van der Waals surface area contributed by atoms with Gasteiger partial charge in [-0.1, -0.05) is 0 Å². The van der Waals surface area contributed by atoms with Crippen molar-refractivity contribution in [1.82, 2.24) is 9.80 Å². The molecule has 3 rings (SSSR count). The number of nitrogens with two attached hydrogens (primary N) is 1. The van der Waals surface area contributed by atoms with E-state index in [-0.39, 0.29) is 11.9 Å². The second-order valence-electron chi connectivity index (χ2n) is 5.00. The Morgan fingerprint density at radius 3 is 2.71 bits per heavy atom. The van der Waals surface area contributed by atoms with Gasteiger partial charge in [0.15, 0.2) is 5.76 Å². The van der Waals surface area contributed by atoms with Crippen LogP contribution in [0.25, 0.3) is 0 Å². The highest BCUT2D eigenvalue weighted by Crippen LogP contribution is 2.30. The van der Waals surface area contributed by atoms with E-state index in [4.69, 9.17) is 10.2 Å². The van der Waals surface area contributed by atoms with Gasteiger partial charge in [0.25, 0.3) is 17.8 Å². The van der Waals surface area contributed by atoms with Crippen LogP contribution >= 0.6 is 0 Å². The number of likely N-dealkylation sites (N-methyl/N-ethyl adjacent to an activating group) is 1. The Kier molecular flexibility index (Phi) is 2.62. The molecule has 9 heteroatoms. The van der Waals surface area contributed by atoms with Gasteiger partial charge in [-0.15, -0.1) is 0 Å². The monoisotopic (exact) mass is 292 g/mol. The van der Waals surface area contributed by atoms with Crippen molar-refractivity contribution in [2.24, 2.45) is 10.7 Å². The molecule has 0 bridgehead atoms. The summed E-state index contributed by atoms with van der Waals surface area (Å²) in [5.41, 5.74) is 5.84. The lowest BCUT2D eigenvalue weighted by Gasteiger charge is -2.31. The van der Waals surface area contributed by atoms with E-state index in [1.165, 1.54) is 11.9 Å². The molecule has 0 saturated carbocycles. The molecule has 1 unspecified atom stereocenters. The van der Waals surface area contributed by atoms with E-state index in [1.54, 1.807) is 18.4 Å². The van der Waals surface area contributed by atoms with E-state index in [1.807, 2.05) is 0 Å². The molecule has 1 aromatic rings. The molecule has 2 aliphatic rings. The van der Waals surface area contributed by atoms with Crippen molar-refractivity contribution in [3.8, 4) is 0 Å². The van der Waals surface area contributed by atoms with Crippen LogP contribution in [-0.4, -0.2) is 47.1 Å². The summed E-state index contributed by atoms with van der Waals surface area (Å²) in [6, 6.07) is -1.17. The third-order valence-corrected chi connectivity index (χ3v) is 3.71. The lowest BCUT2D eigenvalue weighted by molar-refractivity contribution is -0.685. The Balaban J connectivity index is 2.10. The van der Waals surface area contributed by atoms with Gasteiger partial charge in [0, 0.05) is 19.0 Å². The lowest BCUT2D eigenvalue weighted by Crippen LogP contribution is -2.64. The normalized spacial score (nSPS) is 20.5. The van der Waals surface area contributed by atoms with Gasteiger partial charge in [-0.05, 0) is 6.92 Å². The van der Waals surface area contributed by atoms with Crippen LogP contribution in [0.3, 0.4) is 0 Å². The third-order valence-electron chi connectivity index (χ3n) is 3.71. The predicted octanol–water partition coefficient (Wildman–Crippen LogP) is -0.852. The summed E-state index contributed by atoms with van der Waals surface area (Å²) in [6.45, 7) is 3.10. The highest BCUT2D eigenvalue weighted by atomic mass is 16.4. The number of rotatable bonds is 2. The van der Waals surface area contributed by atoms with E-state index < -0.39 is 30.4 Å². The number of oxazole rings is 1. The van der Waals surface area contributed by atoms with Gasteiger partial charge in [0.1, 0.15) is 12.2 Å². The third kappa shape index (κ3) is 1.66. The van der Waals surface area contributed by atoms with Crippen molar-refractivity contribution >= 4 is 29.7 Å². The largest absolute Gasteiger partial charge is 0.507 e. The first-order valence-corrected chi connectivity index (χ1v) is 6.30. The van der Waals surface area contributed by atoms with Crippen molar-refractivity contribution in [2.45, 2.75) is 19.9 Å². The minimum Gasteiger partial charge on any atom is -0.389 e. The van der Waals surface area contributed by atoms with Crippen LogP contribution in [0.15, 0.2) is 9.41 Å². The molecule has 1 fully saturated rings. The molecule has 0 radical (unpaired) electrons. The average Bonchev–Trinajstić information content (AvgIpc) is 2.90. The van der Waals surface area contributed by atoms with E-state index in [0.717, 1.165) is 10.6 Å². The fraction of sp³-hybridized carbons (Fsp3) is 0.417. The van der Waals surface area contributed by atoms with Gasteiger partial charge in [0.2, 0.25) is 5.91 Å². The second-order valence-corrected chi connectivity index (χ2v) is 5.00. The molecular formula is C12H14N5O4+. The lowest BCUT2D eigenvalue weighted by atomic mass is 10.1. The zero-order valence-corrected chi connectivity index (χ0v) is 11.8. The number of carbonyl (C=O) groups is 3. The Morgan fingerprint density at radius 1 is 1.43 bits per heavy atom. The molecule has 3 heterocycles. The fourth-order valence-corrected chi connectivity index (χ4v) is 2.53. The number of carbonyl (C=O) groups excluding carboxylic acids is 3. The topological polar surface area (TPSA) is 113 Å². The standard InChI is InChI=1S/C12H13N5O4/c1-5-6(2)21-11-14-9-8(17(5)11)10(19)16(4-7(13)18)12(20)15(9)3/h8H,4H2,1-3H3,(H-,13,18)/p+1. The maximum absolute atomic E-state index is 12.5. The molecule has 9 nitrogen and oxygen atoms in total. The van der Waals surface area contributed by atoms with Crippen LogP contribution in [0.2, 0.25) is 0 Å². The molecule has 0 aromatic carbocycles. The smallest absolute Gasteiger partial charge is 0.389 e. The molecule has 1 saturated heterocycles. The summed E-state index contributed by atoms with van der Waals surface area (Å²) in [7, 11) is 1.49. The predicted molar refractivity (Wildman–Crippen MR) is 68.6 cm³/mol. The number of imide groups is 1. The van der Waals surface area contributed by atoms with Crippen molar-refractivity contribution in [1.29, 1.82) is 0 Å². The first kappa shape index (κ1) is 13.3. The highest BCUT2D eigenvalue weighted by Gasteiger charge is 2.56. The van der Waals surface area contributed by atoms with Gasteiger partial charge in [-0.3, -0.25) is 19.4 Å². The zero-order valence-electron chi connectivity index (χ0n) is 11.8. The number of amides is 4. The number of aliphatic imine (C=N–C) groups is 1. The quantitative estimate of drug-likeness (QED) is 0.715. The van der Waals surface area contributed by atoms with E-state index >= 15 is 0 Å². The number of fused-ring (bicyclic) bond motifs is 3. The molecular weight excluding hydrogens is 278 g/mol. The first-order valence-electron chi connectivity index (χ1n) is 6.30. The summed E-state index contributed by atoms with van der Waals surface area (Å²) >= 11 is 0. The van der Waals surface area contributed by atoms with Crippen LogP contribution < -0.4 is 10.3 Å². The summed E-state index contributed by atoms with van der Waals surface area (Å²) < 4.78 is 7.09. The van der Waals surface area contributed by atoms with Crippen molar-refractivity contribution in [3.05, 3.63) is 11.5 Å². The minimum atomic E-state index is -0.806. The molecule has 0 aliphatic carbocycles. The zero-order chi connectivity index (χ0) is 15.5. The SMILES string of the molecule is Cc1oc2[n+](c1C)C1C(=O)N(CC(N)=O)C(=O)N(C)C1=N2. The number of hydrogen-bond acceptors (Lipinski definition) is 5. The summed E-state index contributed by atoms with van der Waals surface area (Å²) in [5, 5.41) is 0. The number of urea groups is 1. The number of nitrogens with zero attached hydrogens (tertiary/aromatic N) is 4. The van der Waals surface area contributed by atoms with Crippen LogP contribution in [0, 0.1) is 13.8 Å². The minimum absolute atomic E-state index is 0.263. The van der Waals surface area contributed by atoms with Gasteiger partial charge in [-0.2, -0.15) is 4.57 Å². The van der Waals surface area contributed by atoms with Crippen LogP contribution in [0.5, 0.6) is 0 Å². The van der Waals surface area contributed by atoms with Crippen LogP contribution in [0.4, 0.5) is 10.8 Å². The first-order chi connectivity index (χ1) is 9.82. The summed E-state index contributed by atoms with van der Waals surface area (Å²) in [4.78, 5) is 42.0. The highest BCUT2D eigenvalue weighted by molar-refractivity contribution is 6.19. The van der Waals surface area contributed by atoms with Crippen molar-refractivity contribution in [2.75, 3.05) is 13.6 Å². The number of aromatic nitrogens is 1. The molecule has 110 valence electrons. The molecule has 2 aliphatic heterocycles. The Labute approximate surface area is 119 Å². The van der Waals surface area contributed by atoms with E-state index in [2.05, 4.69) is 4.99 Å². The Hall–Kier alpha value is -2.71. The van der Waals surface area contributed by atoms with E-state index in [0.29, 0.717) is 5.76 Å². The fourth-order valence-electron chi connectivity index (χ4n) is 2.53. The van der Waals surface area contributed by atoms with Crippen molar-refractivity contribution < 1.29 is 23.4 Å². The van der Waals surface area contributed by atoms with E-state index in [9.17, 15) is 14.4 Å². The summed E-state index contributed by atoms with van der Waals surface area (Å²) in [5.74, 6) is -0.369. The number of aryl methyl sites for hydroxylation is 1. The van der Waals surface area contributed by atoms with Gasteiger partial charge >= 0.3 is 12.0 Å². The average molecular weight is 292 g/mol. The molecule has 0 spiro atoms. The molecule has 4 amide bonds. The molecule has 21 heavy (non-hydrogen) atoms. The summed E-state index contributed by atoms with van der Waals surface area (Å²) in [6.07, 6.45) is 0. The second kappa shape index (κ2) is 4.14. The van der Waals surface area contributed by atoms with Gasteiger partial charge in [0.05, 0.1) is 0 Å². The molecule has 1 atom stereocenters. The Bertz CT molecular complexity index is 719.